The number of hydrogen-bond acceptors (Lipinski definition) is 3. The van der Waals surface area contributed by atoms with Crippen molar-refractivity contribution < 1.29 is 14.7 Å². The van der Waals surface area contributed by atoms with Gasteiger partial charge in [-0.3, -0.25) is 4.79 Å². The summed E-state index contributed by atoms with van der Waals surface area (Å²) >= 11 is 1.41. The second kappa shape index (κ2) is 9.45. The molecule has 0 heterocycles. The number of thioether (sulfide) groups is 1. The summed E-state index contributed by atoms with van der Waals surface area (Å²) in [5.41, 5.74) is 0.258. The summed E-state index contributed by atoms with van der Waals surface area (Å²) in [6.07, 6.45) is 4.53. The second-order valence-corrected chi connectivity index (χ2v) is 6.13. The van der Waals surface area contributed by atoms with Crippen molar-refractivity contribution in [2.24, 2.45) is 0 Å². The van der Waals surface area contributed by atoms with Crippen LogP contribution in [0.5, 0.6) is 0 Å². The Bertz CT molecular complexity index is 459. The molecule has 116 valence electrons. The van der Waals surface area contributed by atoms with Gasteiger partial charge in [-0.2, -0.15) is 0 Å². The summed E-state index contributed by atoms with van der Waals surface area (Å²) in [7, 11) is 0. The highest BCUT2D eigenvalue weighted by molar-refractivity contribution is 8.00. The first-order valence-electron chi connectivity index (χ1n) is 7.28. The molecule has 0 aliphatic heterocycles. The highest BCUT2D eigenvalue weighted by atomic mass is 32.2. The maximum Gasteiger partial charge on any atom is 0.335 e. The maximum absolute atomic E-state index is 11.8. The average molecular weight is 309 g/mol. The van der Waals surface area contributed by atoms with Gasteiger partial charge in [0.15, 0.2) is 0 Å². The Morgan fingerprint density at radius 3 is 2.48 bits per heavy atom. The molecule has 0 radical (unpaired) electrons. The number of amides is 1. The number of carbonyl (C=O) groups is 2. The van der Waals surface area contributed by atoms with Gasteiger partial charge in [-0.25, -0.2) is 4.79 Å². The van der Waals surface area contributed by atoms with Crippen molar-refractivity contribution in [1.82, 2.24) is 5.32 Å². The van der Waals surface area contributed by atoms with Crippen LogP contribution in [0.15, 0.2) is 29.2 Å². The van der Waals surface area contributed by atoms with Crippen LogP contribution < -0.4 is 5.32 Å². The first kappa shape index (κ1) is 17.6. The summed E-state index contributed by atoms with van der Waals surface area (Å²) in [5, 5.41) is 11.8. The van der Waals surface area contributed by atoms with Crippen LogP contribution >= 0.6 is 11.8 Å². The normalized spacial score (nSPS) is 11.9. The van der Waals surface area contributed by atoms with Crippen molar-refractivity contribution in [1.29, 1.82) is 0 Å². The Balaban J connectivity index is 2.30. The van der Waals surface area contributed by atoms with E-state index in [0.29, 0.717) is 5.75 Å². The molecule has 4 nitrogen and oxygen atoms in total. The summed E-state index contributed by atoms with van der Waals surface area (Å²) in [5.74, 6) is -0.568. The van der Waals surface area contributed by atoms with Gasteiger partial charge in [-0.15, -0.1) is 11.8 Å². The maximum atomic E-state index is 11.8. The van der Waals surface area contributed by atoms with E-state index in [2.05, 4.69) is 12.2 Å². The van der Waals surface area contributed by atoms with E-state index in [1.807, 2.05) is 6.92 Å². The van der Waals surface area contributed by atoms with E-state index in [1.54, 1.807) is 24.3 Å². The van der Waals surface area contributed by atoms with Crippen molar-refractivity contribution in [2.45, 2.75) is 50.5 Å². The minimum absolute atomic E-state index is 0.0197. The Morgan fingerprint density at radius 1 is 1.24 bits per heavy atom. The highest BCUT2D eigenvalue weighted by Crippen LogP contribution is 2.18. The first-order chi connectivity index (χ1) is 10.0. The van der Waals surface area contributed by atoms with Crippen LogP contribution in [-0.2, 0) is 4.79 Å². The van der Waals surface area contributed by atoms with Crippen molar-refractivity contribution in [3.05, 3.63) is 29.8 Å². The van der Waals surface area contributed by atoms with Crippen molar-refractivity contribution in [3.8, 4) is 0 Å². The smallest absolute Gasteiger partial charge is 0.335 e. The zero-order chi connectivity index (χ0) is 15.7. The Labute approximate surface area is 130 Å². The van der Waals surface area contributed by atoms with Crippen molar-refractivity contribution in [3.63, 3.8) is 0 Å². The molecular formula is C16H23NO3S. The molecule has 5 heteroatoms. The lowest BCUT2D eigenvalue weighted by atomic mass is 10.1. The fraction of sp³-hybridized carbons (Fsp3) is 0.500. The summed E-state index contributed by atoms with van der Waals surface area (Å²) in [6, 6.07) is 6.77. The van der Waals surface area contributed by atoms with Gasteiger partial charge >= 0.3 is 5.97 Å². The fourth-order valence-electron chi connectivity index (χ4n) is 1.93. The van der Waals surface area contributed by atoms with Gasteiger partial charge in [0.25, 0.3) is 0 Å². The van der Waals surface area contributed by atoms with Crippen LogP contribution in [0.1, 0.15) is 49.9 Å². The number of unbranched alkanes of at least 4 members (excludes halogenated alkanes) is 2. The molecule has 1 aromatic carbocycles. The number of benzene rings is 1. The van der Waals surface area contributed by atoms with Gasteiger partial charge in [0.2, 0.25) is 5.91 Å². The SMILES string of the molecule is CCCCCC(C)NC(=O)CSc1ccc(C(=O)O)cc1. The number of rotatable bonds is 9. The van der Waals surface area contributed by atoms with E-state index in [0.717, 1.165) is 17.7 Å². The van der Waals surface area contributed by atoms with Gasteiger partial charge in [0.1, 0.15) is 0 Å². The molecule has 1 amide bonds. The van der Waals surface area contributed by atoms with Crippen LogP contribution in [-0.4, -0.2) is 28.8 Å². The second-order valence-electron chi connectivity index (χ2n) is 5.08. The molecule has 2 N–H and O–H groups in total. The lowest BCUT2D eigenvalue weighted by Crippen LogP contribution is -2.33. The lowest BCUT2D eigenvalue weighted by molar-refractivity contribution is -0.119. The minimum Gasteiger partial charge on any atom is -0.478 e. The average Bonchev–Trinajstić information content (AvgIpc) is 2.46. The minimum atomic E-state index is -0.940. The van der Waals surface area contributed by atoms with Gasteiger partial charge in [0.05, 0.1) is 11.3 Å². The molecule has 1 unspecified atom stereocenters. The van der Waals surface area contributed by atoms with Crippen molar-refractivity contribution in [2.75, 3.05) is 5.75 Å². The zero-order valence-electron chi connectivity index (χ0n) is 12.6. The van der Waals surface area contributed by atoms with Gasteiger partial charge in [-0.1, -0.05) is 26.2 Å². The Kier molecular flexibility index (Phi) is 7.90. The quantitative estimate of drug-likeness (QED) is 0.540. The van der Waals surface area contributed by atoms with E-state index < -0.39 is 5.97 Å². The number of aromatic carboxylic acids is 1. The van der Waals surface area contributed by atoms with E-state index in [1.165, 1.54) is 24.6 Å². The van der Waals surface area contributed by atoms with Crippen LogP contribution in [0.3, 0.4) is 0 Å². The topological polar surface area (TPSA) is 66.4 Å². The highest BCUT2D eigenvalue weighted by Gasteiger charge is 2.08. The predicted molar refractivity (Wildman–Crippen MR) is 85.9 cm³/mol. The van der Waals surface area contributed by atoms with Gasteiger partial charge in [-0.05, 0) is 37.6 Å². The summed E-state index contributed by atoms with van der Waals surface area (Å²) in [4.78, 5) is 23.4. The molecule has 21 heavy (non-hydrogen) atoms. The molecule has 1 aromatic rings. The molecule has 1 atom stereocenters. The summed E-state index contributed by atoms with van der Waals surface area (Å²) < 4.78 is 0. The van der Waals surface area contributed by atoms with E-state index in [-0.39, 0.29) is 17.5 Å². The molecule has 0 aliphatic rings. The molecule has 1 rings (SSSR count). The number of hydrogen-bond donors (Lipinski definition) is 2. The fourth-order valence-corrected chi connectivity index (χ4v) is 2.64. The van der Waals surface area contributed by atoms with Crippen LogP contribution in [0.25, 0.3) is 0 Å². The number of carboxylic acids is 1. The largest absolute Gasteiger partial charge is 0.478 e. The van der Waals surface area contributed by atoms with E-state index >= 15 is 0 Å². The third kappa shape index (κ3) is 7.18. The first-order valence-corrected chi connectivity index (χ1v) is 8.27. The van der Waals surface area contributed by atoms with Crippen molar-refractivity contribution >= 4 is 23.6 Å². The molecule has 0 aromatic heterocycles. The zero-order valence-corrected chi connectivity index (χ0v) is 13.4. The third-order valence-corrected chi connectivity index (χ3v) is 4.13. The monoisotopic (exact) mass is 309 g/mol. The molecule has 0 aliphatic carbocycles. The van der Waals surface area contributed by atoms with Crippen LogP contribution in [0.4, 0.5) is 0 Å². The number of carboxylic acid groups (broad SMARTS) is 1. The molecule has 0 saturated heterocycles. The van der Waals surface area contributed by atoms with Gasteiger partial charge < -0.3 is 10.4 Å². The standard InChI is InChI=1S/C16H23NO3S/c1-3-4-5-6-12(2)17-15(18)11-21-14-9-7-13(8-10-14)16(19)20/h7-10,12H,3-6,11H2,1-2H3,(H,17,18)(H,19,20). The molecular weight excluding hydrogens is 286 g/mol. The third-order valence-electron chi connectivity index (χ3n) is 3.12. The molecule has 0 bridgehead atoms. The van der Waals surface area contributed by atoms with E-state index in [4.69, 9.17) is 5.11 Å². The Hall–Kier alpha value is -1.49. The molecule has 0 saturated carbocycles. The molecule has 0 spiro atoms. The summed E-state index contributed by atoms with van der Waals surface area (Å²) in [6.45, 7) is 4.19. The van der Waals surface area contributed by atoms with Crippen LogP contribution in [0.2, 0.25) is 0 Å². The van der Waals surface area contributed by atoms with Crippen LogP contribution in [0, 0.1) is 0 Å². The van der Waals surface area contributed by atoms with Gasteiger partial charge in [0, 0.05) is 10.9 Å². The van der Waals surface area contributed by atoms with E-state index in [9.17, 15) is 9.59 Å². The lowest BCUT2D eigenvalue weighted by Gasteiger charge is -2.13. The number of carbonyl (C=O) groups excluding carboxylic acids is 1. The number of nitrogens with one attached hydrogen (secondary N) is 1. The molecule has 0 fully saturated rings. The predicted octanol–water partition coefficient (Wildman–Crippen LogP) is 3.56. The Morgan fingerprint density at radius 2 is 1.90 bits per heavy atom.